The van der Waals surface area contributed by atoms with Crippen LogP contribution in [0.4, 0.5) is 4.39 Å². The maximum absolute atomic E-state index is 13.3. The van der Waals surface area contributed by atoms with Crippen molar-refractivity contribution in [2.45, 2.75) is 37.8 Å². The molecule has 2 unspecified atom stereocenters. The van der Waals surface area contributed by atoms with Gasteiger partial charge in [-0.2, -0.15) is 0 Å². The minimum atomic E-state index is -0.236. The largest absolute Gasteiger partial charge is 0.377 e. The SMILES string of the molecule is NNC(Cc1cc(F)cc(Br)c1)C1CCCCO1. The van der Waals surface area contributed by atoms with E-state index in [1.807, 2.05) is 6.07 Å². The molecule has 1 fully saturated rings. The highest BCUT2D eigenvalue weighted by atomic mass is 79.9. The van der Waals surface area contributed by atoms with E-state index in [1.165, 1.54) is 12.1 Å². The Morgan fingerprint density at radius 3 is 2.89 bits per heavy atom. The Hall–Kier alpha value is -0.490. The number of nitrogens with two attached hydrogens (primary N) is 1. The molecule has 2 rings (SSSR count). The van der Waals surface area contributed by atoms with E-state index in [0.29, 0.717) is 6.42 Å². The molecule has 3 nitrogen and oxygen atoms in total. The van der Waals surface area contributed by atoms with Crippen molar-refractivity contribution in [1.82, 2.24) is 5.43 Å². The van der Waals surface area contributed by atoms with Crippen molar-refractivity contribution in [3.8, 4) is 0 Å². The van der Waals surface area contributed by atoms with Crippen molar-refractivity contribution < 1.29 is 9.13 Å². The summed E-state index contributed by atoms with van der Waals surface area (Å²) in [5.74, 6) is 5.36. The van der Waals surface area contributed by atoms with Gasteiger partial charge in [-0.25, -0.2) is 4.39 Å². The van der Waals surface area contributed by atoms with E-state index in [0.717, 1.165) is 35.9 Å². The van der Waals surface area contributed by atoms with E-state index in [-0.39, 0.29) is 18.0 Å². The number of halogens is 2. The molecule has 3 N–H and O–H groups in total. The minimum Gasteiger partial charge on any atom is -0.377 e. The summed E-state index contributed by atoms with van der Waals surface area (Å²) in [7, 11) is 0. The molecule has 0 saturated carbocycles. The monoisotopic (exact) mass is 316 g/mol. The molecule has 1 aliphatic heterocycles. The molecule has 5 heteroatoms. The number of nitrogens with one attached hydrogen (secondary N) is 1. The first-order valence-electron chi connectivity index (χ1n) is 6.22. The molecule has 1 heterocycles. The van der Waals surface area contributed by atoms with Crippen molar-refractivity contribution in [3.63, 3.8) is 0 Å². The Morgan fingerprint density at radius 2 is 2.28 bits per heavy atom. The molecule has 0 radical (unpaired) electrons. The van der Waals surface area contributed by atoms with Gasteiger partial charge in [-0.05, 0) is 49.4 Å². The van der Waals surface area contributed by atoms with Crippen molar-refractivity contribution in [2.75, 3.05) is 6.61 Å². The van der Waals surface area contributed by atoms with E-state index in [2.05, 4.69) is 21.4 Å². The summed E-state index contributed by atoms with van der Waals surface area (Å²) in [4.78, 5) is 0. The van der Waals surface area contributed by atoms with Crippen LogP contribution in [0.3, 0.4) is 0 Å². The van der Waals surface area contributed by atoms with Crippen LogP contribution in [-0.4, -0.2) is 18.8 Å². The predicted octanol–water partition coefficient (Wildman–Crippen LogP) is 2.53. The van der Waals surface area contributed by atoms with Gasteiger partial charge >= 0.3 is 0 Å². The molecule has 1 aromatic carbocycles. The van der Waals surface area contributed by atoms with E-state index < -0.39 is 0 Å². The van der Waals surface area contributed by atoms with Gasteiger partial charge in [-0.1, -0.05) is 15.9 Å². The molecule has 0 aliphatic carbocycles. The summed E-state index contributed by atoms with van der Waals surface area (Å²) in [5.41, 5.74) is 3.71. The summed E-state index contributed by atoms with van der Waals surface area (Å²) < 4.78 is 19.8. The highest BCUT2D eigenvalue weighted by Gasteiger charge is 2.23. The van der Waals surface area contributed by atoms with Crippen molar-refractivity contribution >= 4 is 15.9 Å². The topological polar surface area (TPSA) is 47.3 Å². The Kier molecular flexibility index (Phi) is 5.12. The van der Waals surface area contributed by atoms with Crippen LogP contribution in [0.2, 0.25) is 0 Å². The van der Waals surface area contributed by atoms with Gasteiger partial charge in [0.05, 0.1) is 12.1 Å². The zero-order chi connectivity index (χ0) is 13.0. The molecule has 0 aromatic heterocycles. The van der Waals surface area contributed by atoms with Crippen LogP contribution in [0.15, 0.2) is 22.7 Å². The molecule has 18 heavy (non-hydrogen) atoms. The third-order valence-corrected chi connectivity index (χ3v) is 3.71. The molecule has 0 spiro atoms. The zero-order valence-corrected chi connectivity index (χ0v) is 11.7. The van der Waals surface area contributed by atoms with Crippen molar-refractivity contribution in [1.29, 1.82) is 0 Å². The van der Waals surface area contributed by atoms with Gasteiger partial charge in [0.25, 0.3) is 0 Å². The van der Waals surface area contributed by atoms with Crippen molar-refractivity contribution in [2.24, 2.45) is 5.84 Å². The number of hydrazine groups is 1. The van der Waals surface area contributed by atoms with E-state index in [9.17, 15) is 4.39 Å². The molecule has 1 aliphatic rings. The van der Waals surface area contributed by atoms with Gasteiger partial charge in [0.2, 0.25) is 0 Å². The normalized spacial score (nSPS) is 21.8. The second kappa shape index (κ2) is 6.61. The van der Waals surface area contributed by atoms with Crippen LogP contribution in [0, 0.1) is 5.82 Å². The second-order valence-electron chi connectivity index (χ2n) is 4.66. The summed E-state index contributed by atoms with van der Waals surface area (Å²) >= 11 is 3.30. The van der Waals surface area contributed by atoms with Crippen LogP contribution in [0.5, 0.6) is 0 Å². The van der Waals surface area contributed by atoms with Crippen molar-refractivity contribution in [3.05, 3.63) is 34.1 Å². The predicted molar refractivity (Wildman–Crippen MR) is 72.5 cm³/mol. The molecular weight excluding hydrogens is 299 g/mol. The lowest BCUT2D eigenvalue weighted by Gasteiger charge is -2.30. The van der Waals surface area contributed by atoms with Gasteiger partial charge in [0.15, 0.2) is 0 Å². The Labute approximate surface area is 115 Å². The molecule has 1 saturated heterocycles. The second-order valence-corrected chi connectivity index (χ2v) is 5.58. The first-order chi connectivity index (χ1) is 8.69. The number of ether oxygens (including phenoxy) is 1. The van der Waals surface area contributed by atoms with Gasteiger partial charge in [-0.3, -0.25) is 11.3 Å². The fourth-order valence-corrected chi connectivity index (χ4v) is 2.88. The first-order valence-corrected chi connectivity index (χ1v) is 7.01. The molecular formula is C13H18BrFN2O. The quantitative estimate of drug-likeness (QED) is 0.663. The van der Waals surface area contributed by atoms with Gasteiger partial charge in [-0.15, -0.1) is 0 Å². The highest BCUT2D eigenvalue weighted by Crippen LogP contribution is 2.21. The highest BCUT2D eigenvalue weighted by molar-refractivity contribution is 9.10. The molecule has 1 aromatic rings. The van der Waals surface area contributed by atoms with Crippen LogP contribution < -0.4 is 11.3 Å². The minimum absolute atomic E-state index is 0.0269. The lowest BCUT2D eigenvalue weighted by molar-refractivity contribution is -0.00745. The summed E-state index contributed by atoms with van der Waals surface area (Å²) in [6, 6.07) is 4.93. The van der Waals surface area contributed by atoms with E-state index in [4.69, 9.17) is 10.6 Å². The number of hydrogen-bond donors (Lipinski definition) is 2. The van der Waals surface area contributed by atoms with Crippen LogP contribution in [-0.2, 0) is 11.2 Å². The van der Waals surface area contributed by atoms with Gasteiger partial charge in [0.1, 0.15) is 5.82 Å². The number of rotatable bonds is 4. The van der Waals surface area contributed by atoms with E-state index >= 15 is 0 Å². The fourth-order valence-electron chi connectivity index (χ4n) is 2.36. The standard InChI is InChI=1S/C13H18BrFN2O/c14-10-5-9(6-11(15)8-10)7-12(17-16)13-3-1-2-4-18-13/h5-6,8,12-13,17H,1-4,7,16H2. The fraction of sp³-hybridized carbons (Fsp3) is 0.538. The zero-order valence-electron chi connectivity index (χ0n) is 10.2. The van der Waals surface area contributed by atoms with Gasteiger partial charge in [0, 0.05) is 11.1 Å². The first kappa shape index (κ1) is 13.9. The number of hydrogen-bond acceptors (Lipinski definition) is 3. The molecule has 100 valence electrons. The van der Waals surface area contributed by atoms with Crippen LogP contribution >= 0.6 is 15.9 Å². The summed E-state index contributed by atoms with van der Waals surface area (Å²) in [6.45, 7) is 0.787. The third kappa shape index (κ3) is 3.75. The van der Waals surface area contributed by atoms with E-state index in [1.54, 1.807) is 0 Å². The Balaban J connectivity index is 2.04. The average molecular weight is 317 g/mol. The summed E-state index contributed by atoms with van der Waals surface area (Å²) in [5, 5.41) is 0. The van der Waals surface area contributed by atoms with Crippen LogP contribution in [0.25, 0.3) is 0 Å². The Morgan fingerprint density at radius 1 is 1.44 bits per heavy atom. The maximum Gasteiger partial charge on any atom is 0.124 e. The van der Waals surface area contributed by atoms with Gasteiger partial charge < -0.3 is 4.74 Å². The summed E-state index contributed by atoms with van der Waals surface area (Å²) in [6.07, 6.45) is 4.06. The Bertz CT molecular complexity index is 376. The lowest BCUT2D eigenvalue weighted by atomic mass is 9.96. The lowest BCUT2D eigenvalue weighted by Crippen LogP contribution is -2.47. The third-order valence-electron chi connectivity index (χ3n) is 3.26. The molecule has 0 bridgehead atoms. The smallest absolute Gasteiger partial charge is 0.124 e. The molecule has 0 amide bonds. The maximum atomic E-state index is 13.3. The van der Waals surface area contributed by atoms with Crippen LogP contribution in [0.1, 0.15) is 24.8 Å². The molecule has 2 atom stereocenters. The number of benzene rings is 1. The average Bonchev–Trinajstić information content (AvgIpc) is 2.36.